The minimum absolute atomic E-state index is 0.158. The minimum atomic E-state index is -0.489. The maximum absolute atomic E-state index is 12.5. The van der Waals surface area contributed by atoms with E-state index in [0.29, 0.717) is 31.9 Å². The quantitative estimate of drug-likeness (QED) is 0.704. The van der Waals surface area contributed by atoms with Gasteiger partial charge in [-0.3, -0.25) is 10.1 Å². The van der Waals surface area contributed by atoms with E-state index in [1.165, 1.54) is 7.11 Å². The molecule has 1 aromatic carbocycles. The standard InChI is InChI=1S/C16H13ClN2O4S/c1-7-9-5-4-6-10(17)12(9)23-11(7)14(20)19-16-18-8(2)13(24-16)15(21)22-3/h4-6H,1-3H3,(H,18,19,20). The van der Waals surface area contributed by atoms with Crippen molar-refractivity contribution >= 4 is 50.9 Å². The van der Waals surface area contributed by atoms with Crippen molar-refractivity contribution in [1.82, 2.24) is 4.98 Å². The number of carbonyl (C=O) groups excluding carboxylic acids is 2. The van der Waals surface area contributed by atoms with Gasteiger partial charge in [0.2, 0.25) is 0 Å². The number of ether oxygens (including phenoxy) is 1. The fourth-order valence-electron chi connectivity index (χ4n) is 2.31. The molecule has 0 spiro atoms. The van der Waals surface area contributed by atoms with E-state index in [0.717, 1.165) is 16.7 Å². The molecule has 0 aliphatic heterocycles. The van der Waals surface area contributed by atoms with Crippen LogP contribution in [-0.4, -0.2) is 24.0 Å². The molecule has 3 aromatic rings. The van der Waals surface area contributed by atoms with Crippen molar-refractivity contribution in [2.75, 3.05) is 12.4 Å². The number of anilines is 1. The van der Waals surface area contributed by atoms with Crippen LogP contribution in [-0.2, 0) is 4.74 Å². The number of halogens is 1. The van der Waals surface area contributed by atoms with Gasteiger partial charge in [0.1, 0.15) is 4.88 Å². The van der Waals surface area contributed by atoms with Crippen LogP contribution in [0.15, 0.2) is 22.6 Å². The van der Waals surface area contributed by atoms with Crippen LogP contribution >= 0.6 is 22.9 Å². The Morgan fingerprint density at radius 2 is 2.08 bits per heavy atom. The summed E-state index contributed by atoms with van der Waals surface area (Å²) in [6.07, 6.45) is 0. The fourth-order valence-corrected chi connectivity index (χ4v) is 3.40. The molecule has 2 heterocycles. The number of benzene rings is 1. The average molecular weight is 365 g/mol. The Labute approximate surface area is 146 Å². The molecule has 0 aliphatic rings. The second-order valence-corrected chi connectivity index (χ2v) is 6.46. The smallest absolute Gasteiger partial charge is 0.350 e. The number of carbonyl (C=O) groups is 2. The fraction of sp³-hybridized carbons (Fsp3) is 0.188. The number of aromatic nitrogens is 1. The van der Waals surface area contributed by atoms with Crippen molar-refractivity contribution < 1.29 is 18.7 Å². The Morgan fingerprint density at radius 1 is 1.33 bits per heavy atom. The first-order chi connectivity index (χ1) is 11.4. The van der Waals surface area contributed by atoms with Crippen LogP contribution in [0.3, 0.4) is 0 Å². The highest BCUT2D eigenvalue weighted by molar-refractivity contribution is 7.17. The molecule has 0 fully saturated rings. The molecular formula is C16H13ClN2O4S. The number of para-hydroxylation sites is 1. The maximum atomic E-state index is 12.5. The van der Waals surface area contributed by atoms with Gasteiger partial charge in [-0.05, 0) is 19.9 Å². The maximum Gasteiger partial charge on any atom is 0.350 e. The van der Waals surface area contributed by atoms with E-state index in [1.807, 2.05) is 6.07 Å². The van der Waals surface area contributed by atoms with E-state index < -0.39 is 11.9 Å². The normalized spacial score (nSPS) is 10.8. The van der Waals surface area contributed by atoms with Crippen LogP contribution < -0.4 is 5.32 Å². The molecule has 0 unspecified atom stereocenters. The molecule has 124 valence electrons. The van der Waals surface area contributed by atoms with Crippen LogP contribution in [0.2, 0.25) is 5.02 Å². The Hall–Kier alpha value is -2.38. The Kier molecular flexibility index (Phi) is 4.29. The van der Waals surface area contributed by atoms with E-state index >= 15 is 0 Å². The summed E-state index contributed by atoms with van der Waals surface area (Å²) in [6.45, 7) is 3.45. The number of rotatable bonds is 3. The monoisotopic (exact) mass is 364 g/mol. The number of hydrogen-bond donors (Lipinski definition) is 1. The SMILES string of the molecule is COC(=O)c1sc(NC(=O)c2oc3c(Cl)cccc3c2C)nc1C. The zero-order valence-corrected chi connectivity index (χ0v) is 14.7. The lowest BCUT2D eigenvalue weighted by Gasteiger charge is -1.99. The number of hydrogen-bond acceptors (Lipinski definition) is 6. The molecule has 0 bridgehead atoms. The van der Waals surface area contributed by atoms with Gasteiger partial charge in [-0.15, -0.1) is 0 Å². The highest BCUT2D eigenvalue weighted by Gasteiger charge is 2.22. The third kappa shape index (κ3) is 2.76. The number of methoxy groups -OCH3 is 1. The average Bonchev–Trinajstić information content (AvgIpc) is 3.08. The summed E-state index contributed by atoms with van der Waals surface area (Å²) in [5, 5.41) is 4.15. The van der Waals surface area contributed by atoms with Gasteiger partial charge in [-0.2, -0.15) is 0 Å². The van der Waals surface area contributed by atoms with E-state index in [4.69, 9.17) is 16.0 Å². The first-order valence-corrected chi connectivity index (χ1v) is 8.16. The second kappa shape index (κ2) is 6.26. The van der Waals surface area contributed by atoms with Crippen molar-refractivity contribution in [3.63, 3.8) is 0 Å². The van der Waals surface area contributed by atoms with Crippen LogP contribution in [0, 0.1) is 13.8 Å². The Morgan fingerprint density at radius 3 is 2.75 bits per heavy atom. The lowest BCUT2D eigenvalue weighted by molar-refractivity contribution is 0.0605. The Bertz CT molecular complexity index is 961. The highest BCUT2D eigenvalue weighted by atomic mass is 35.5. The molecule has 8 heteroatoms. The van der Waals surface area contributed by atoms with Crippen LogP contribution in [0.25, 0.3) is 11.0 Å². The summed E-state index contributed by atoms with van der Waals surface area (Å²) >= 11 is 7.14. The van der Waals surface area contributed by atoms with E-state index in [1.54, 1.807) is 26.0 Å². The van der Waals surface area contributed by atoms with Crippen molar-refractivity contribution in [1.29, 1.82) is 0 Å². The summed E-state index contributed by atoms with van der Waals surface area (Å²) in [7, 11) is 1.29. The number of amides is 1. The van der Waals surface area contributed by atoms with Gasteiger partial charge in [0.25, 0.3) is 5.91 Å². The van der Waals surface area contributed by atoms with Crippen LogP contribution in [0.4, 0.5) is 5.13 Å². The molecule has 0 radical (unpaired) electrons. The summed E-state index contributed by atoms with van der Waals surface area (Å²) in [5.41, 5.74) is 1.64. The van der Waals surface area contributed by atoms with Crippen molar-refractivity contribution in [2.45, 2.75) is 13.8 Å². The largest absolute Gasteiger partial charge is 0.465 e. The number of fused-ring (bicyclic) bond motifs is 1. The third-order valence-corrected chi connectivity index (χ3v) is 4.86. The number of nitrogens with one attached hydrogen (secondary N) is 1. The predicted octanol–water partition coefficient (Wildman–Crippen LogP) is 4.20. The van der Waals surface area contributed by atoms with Crippen LogP contribution in [0.1, 0.15) is 31.5 Å². The van der Waals surface area contributed by atoms with E-state index in [-0.39, 0.29) is 5.76 Å². The highest BCUT2D eigenvalue weighted by Crippen LogP contribution is 2.31. The molecule has 2 aromatic heterocycles. The molecule has 1 amide bonds. The molecule has 6 nitrogen and oxygen atoms in total. The van der Waals surface area contributed by atoms with Gasteiger partial charge < -0.3 is 9.15 Å². The van der Waals surface area contributed by atoms with E-state index in [9.17, 15) is 9.59 Å². The van der Waals surface area contributed by atoms with Gasteiger partial charge >= 0.3 is 5.97 Å². The molecular weight excluding hydrogens is 352 g/mol. The molecule has 0 saturated heterocycles. The summed E-state index contributed by atoms with van der Waals surface area (Å²) < 4.78 is 10.3. The molecule has 0 aliphatic carbocycles. The second-order valence-electron chi connectivity index (χ2n) is 5.05. The first kappa shape index (κ1) is 16.5. The van der Waals surface area contributed by atoms with Crippen molar-refractivity contribution in [3.05, 3.63) is 45.1 Å². The lowest BCUT2D eigenvalue weighted by Crippen LogP contribution is -2.11. The third-order valence-electron chi connectivity index (χ3n) is 3.51. The van der Waals surface area contributed by atoms with E-state index in [2.05, 4.69) is 15.0 Å². The summed E-state index contributed by atoms with van der Waals surface area (Å²) in [6, 6.07) is 5.32. The predicted molar refractivity (Wildman–Crippen MR) is 92.1 cm³/mol. The summed E-state index contributed by atoms with van der Waals surface area (Å²) in [4.78, 5) is 28.6. The number of esters is 1. The molecule has 3 rings (SSSR count). The molecule has 0 saturated carbocycles. The van der Waals surface area contributed by atoms with Crippen molar-refractivity contribution in [3.8, 4) is 0 Å². The number of thiazole rings is 1. The Balaban J connectivity index is 1.92. The molecule has 24 heavy (non-hydrogen) atoms. The van der Waals surface area contributed by atoms with Gasteiger partial charge in [-0.1, -0.05) is 35.1 Å². The lowest BCUT2D eigenvalue weighted by atomic mass is 10.1. The zero-order valence-electron chi connectivity index (χ0n) is 13.1. The molecule has 0 atom stereocenters. The molecule has 1 N–H and O–H groups in total. The van der Waals surface area contributed by atoms with Gasteiger partial charge in [0.05, 0.1) is 17.8 Å². The number of nitrogens with zero attached hydrogens (tertiary/aromatic N) is 1. The topological polar surface area (TPSA) is 81.4 Å². The van der Waals surface area contributed by atoms with Gasteiger partial charge in [0, 0.05) is 10.9 Å². The minimum Gasteiger partial charge on any atom is -0.465 e. The number of aryl methyl sites for hydroxylation is 2. The first-order valence-electron chi connectivity index (χ1n) is 6.97. The van der Waals surface area contributed by atoms with Gasteiger partial charge in [0.15, 0.2) is 16.5 Å². The van der Waals surface area contributed by atoms with Crippen LogP contribution in [0.5, 0.6) is 0 Å². The van der Waals surface area contributed by atoms with Gasteiger partial charge in [-0.25, -0.2) is 9.78 Å². The zero-order chi connectivity index (χ0) is 17.4. The summed E-state index contributed by atoms with van der Waals surface area (Å²) in [5.74, 6) is -0.785. The van der Waals surface area contributed by atoms with Crippen molar-refractivity contribution in [2.24, 2.45) is 0 Å². The number of furan rings is 1.